The van der Waals surface area contributed by atoms with E-state index in [0.29, 0.717) is 6.04 Å². The van der Waals surface area contributed by atoms with Crippen LogP contribution in [-0.2, 0) is 0 Å². The van der Waals surface area contributed by atoms with Crippen LogP contribution in [0.2, 0.25) is 0 Å². The summed E-state index contributed by atoms with van der Waals surface area (Å²) in [5, 5.41) is 6.95. The minimum Gasteiger partial charge on any atom is -0.312 e. The molecule has 0 aromatic heterocycles. The molecule has 15 heavy (non-hydrogen) atoms. The van der Waals surface area contributed by atoms with Crippen LogP contribution in [0.1, 0.15) is 30.0 Å². The van der Waals surface area contributed by atoms with Crippen LogP contribution in [-0.4, -0.2) is 19.6 Å². The third kappa shape index (κ3) is 2.80. The third-order valence-electron chi connectivity index (χ3n) is 3.10. The highest BCUT2D eigenvalue weighted by Gasteiger charge is 2.22. The lowest BCUT2D eigenvalue weighted by Gasteiger charge is -2.19. The van der Waals surface area contributed by atoms with Crippen molar-refractivity contribution in [3.63, 3.8) is 0 Å². The highest BCUT2D eigenvalue weighted by molar-refractivity contribution is 5.29. The van der Waals surface area contributed by atoms with Crippen molar-refractivity contribution in [2.45, 2.75) is 31.8 Å². The number of hydrogen-bond acceptors (Lipinski definition) is 2. The van der Waals surface area contributed by atoms with Gasteiger partial charge in [-0.25, -0.2) is 0 Å². The fourth-order valence-electron chi connectivity index (χ4n) is 1.92. The molecule has 82 valence electrons. The zero-order valence-electron chi connectivity index (χ0n) is 9.59. The van der Waals surface area contributed by atoms with Crippen LogP contribution in [0.25, 0.3) is 0 Å². The highest BCUT2D eigenvalue weighted by atomic mass is 15.0. The predicted molar refractivity (Wildman–Crippen MR) is 64.0 cm³/mol. The molecule has 1 aromatic rings. The maximum Gasteiger partial charge on any atom is 0.0447 e. The minimum atomic E-state index is 0.437. The van der Waals surface area contributed by atoms with E-state index in [1.54, 1.807) is 0 Å². The molecular formula is C13H20N2. The molecule has 1 aliphatic rings. The summed E-state index contributed by atoms with van der Waals surface area (Å²) >= 11 is 0. The number of hydrogen-bond donors (Lipinski definition) is 2. The van der Waals surface area contributed by atoms with Gasteiger partial charge >= 0.3 is 0 Å². The van der Waals surface area contributed by atoms with E-state index in [1.165, 1.54) is 24.0 Å². The quantitative estimate of drug-likeness (QED) is 0.766. The smallest absolute Gasteiger partial charge is 0.0447 e. The Labute approximate surface area is 92.1 Å². The van der Waals surface area contributed by atoms with E-state index in [4.69, 9.17) is 0 Å². The molecule has 2 rings (SSSR count). The average Bonchev–Trinajstić information content (AvgIpc) is 3.05. The summed E-state index contributed by atoms with van der Waals surface area (Å²) in [6.45, 7) is 3.21. The molecule has 0 aliphatic heterocycles. The highest BCUT2D eigenvalue weighted by Crippen LogP contribution is 2.21. The van der Waals surface area contributed by atoms with Gasteiger partial charge in [-0.15, -0.1) is 0 Å². The molecule has 1 fully saturated rings. The van der Waals surface area contributed by atoms with E-state index in [9.17, 15) is 0 Å². The standard InChI is InChI=1S/C13H20N2/c1-10-5-3-4-6-12(10)13(14-2)9-15-11-7-8-11/h3-6,11,13-15H,7-9H2,1-2H3. The fourth-order valence-corrected chi connectivity index (χ4v) is 1.92. The van der Waals surface area contributed by atoms with Crippen LogP contribution in [0.15, 0.2) is 24.3 Å². The Balaban J connectivity index is 2.00. The van der Waals surface area contributed by atoms with Crippen molar-refractivity contribution >= 4 is 0 Å². The van der Waals surface area contributed by atoms with Crippen LogP contribution in [0.4, 0.5) is 0 Å². The Morgan fingerprint density at radius 1 is 1.33 bits per heavy atom. The average molecular weight is 204 g/mol. The van der Waals surface area contributed by atoms with Crippen LogP contribution in [0, 0.1) is 6.92 Å². The Morgan fingerprint density at radius 3 is 2.67 bits per heavy atom. The third-order valence-corrected chi connectivity index (χ3v) is 3.10. The molecule has 1 unspecified atom stereocenters. The summed E-state index contributed by atoms with van der Waals surface area (Å²) in [5.74, 6) is 0. The van der Waals surface area contributed by atoms with Gasteiger partial charge in [-0.3, -0.25) is 0 Å². The van der Waals surface area contributed by atoms with E-state index in [1.807, 2.05) is 7.05 Å². The summed E-state index contributed by atoms with van der Waals surface area (Å²) in [7, 11) is 2.03. The summed E-state index contributed by atoms with van der Waals surface area (Å²) in [6.07, 6.45) is 2.70. The molecule has 0 heterocycles. The number of nitrogens with one attached hydrogen (secondary N) is 2. The van der Waals surface area contributed by atoms with Gasteiger partial charge in [0.05, 0.1) is 0 Å². The van der Waals surface area contributed by atoms with Gasteiger partial charge in [0.1, 0.15) is 0 Å². The van der Waals surface area contributed by atoms with Crippen molar-refractivity contribution in [1.29, 1.82) is 0 Å². The van der Waals surface area contributed by atoms with Crippen molar-refractivity contribution in [1.82, 2.24) is 10.6 Å². The molecule has 0 spiro atoms. The van der Waals surface area contributed by atoms with Crippen molar-refractivity contribution in [2.24, 2.45) is 0 Å². The summed E-state index contributed by atoms with van der Waals surface area (Å²) in [6, 6.07) is 9.82. The largest absolute Gasteiger partial charge is 0.312 e. The van der Waals surface area contributed by atoms with Gasteiger partial charge in [-0.05, 0) is 37.9 Å². The summed E-state index contributed by atoms with van der Waals surface area (Å²) in [4.78, 5) is 0. The molecule has 1 aliphatic carbocycles. The molecular weight excluding hydrogens is 184 g/mol. The minimum absolute atomic E-state index is 0.437. The van der Waals surface area contributed by atoms with Crippen LogP contribution in [0.5, 0.6) is 0 Å². The SMILES string of the molecule is CNC(CNC1CC1)c1ccccc1C. The van der Waals surface area contributed by atoms with E-state index >= 15 is 0 Å². The van der Waals surface area contributed by atoms with E-state index in [2.05, 4.69) is 41.8 Å². The zero-order valence-corrected chi connectivity index (χ0v) is 9.59. The molecule has 2 nitrogen and oxygen atoms in total. The molecule has 0 radical (unpaired) electrons. The van der Waals surface area contributed by atoms with Crippen molar-refractivity contribution in [2.75, 3.05) is 13.6 Å². The Hall–Kier alpha value is -0.860. The predicted octanol–water partition coefficient (Wildman–Crippen LogP) is 2.01. The second-order valence-corrected chi connectivity index (χ2v) is 4.38. The van der Waals surface area contributed by atoms with E-state index in [-0.39, 0.29) is 0 Å². The van der Waals surface area contributed by atoms with Gasteiger partial charge in [0, 0.05) is 18.6 Å². The molecule has 0 bridgehead atoms. The molecule has 2 N–H and O–H groups in total. The van der Waals surface area contributed by atoms with Crippen LogP contribution < -0.4 is 10.6 Å². The number of rotatable bonds is 5. The van der Waals surface area contributed by atoms with Crippen molar-refractivity contribution < 1.29 is 0 Å². The monoisotopic (exact) mass is 204 g/mol. The fraction of sp³-hybridized carbons (Fsp3) is 0.538. The number of likely N-dealkylation sites (N-methyl/N-ethyl adjacent to an activating group) is 1. The van der Waals surface area contributed by atoms with Gasteiger partial charge in [-0.2, -0.15) is 0 Å². The van der Waals surface area contributed by atoms with Crippen molar-refractivity contribution in [3.05, 3.63) is 35.4 Å². The normalized spacial score (nSPS) is 17.7. The molecule has 1 atom stereocenters. The zero-order chi connectivity index (χ0) is 10.7. The topological polar surface area (TPSA) is 24.1 Å². The lowest BCUT2D eigenvalue weighted by molar-refractivity contribution is 0.524. The van der Waals surface area contributed by atoms with E-state index in [0.717, 1.165) is 12.6 Å². The lowest BCUT2D eigenvalue weighted by Crippen LogP contribution is -2.31. The van der Waals surface area contributed by atoms with Crippen molar-refractivity contribution in [3.8, 4) is 0 Å². The maximum absolute atomic E-state index is 3.57. The second-order valence-electron chi connectivity index (χ2n) is 4.38. The number of benzene rings is 1. The van der Waals surface area contributed by atoms with Gasteiger partial charge in [0.2, 0.25) is 0 Å². The number of aryl methyl sites for hydroxylation is 1. The Morgan fingerprint density at radius 2 is 2.07 bits per heavy atom. The maximum atomic E-state index is 3.57. The Kier molecular flexibility index (Phi) is 3.39. The molecule has 0 saturated heterocycles. The molecule has 1 saturated carbocycles. The first-order valence-corrected chi connectivity index (χ1v) is 5.77. The lowest BCUT2D eigenvalue weighted by atomic mass is 10.0. The van der Waals surface area contributed by atoms with Gasteiger partial charge < -0.3 is 10.6 Å². The summed E-state index contributed by atoms with van der Waals surface area (Å²) in [5.41, 5.74) is 2.78. The van der Waals surface area contributed by atoms with Gasteiger partial charge in [-0.1, -0.05) is 24.3 Å². The molecule has 0 amide bonds. The molecule has 2 heteroatoms. The molecule has 1 aromatic carbocycles. The van der Waals surface area contributed by atoms with Gasteiger partial charge in [0.15, 0.2) is 0 Å². The van der Waals surface area contributed by atoms with E-state index < -0.39 is 0 Å². The van der Waals surface area contributed by atoms with Crippen LogP contribution in [0.3, 0.4) is 0 Å². The Bertz CT molecular complexity index is 318. The van der Waals surface area contributed by atoms with Gasteiger partial charge in [0.25, 0.3) is 0 Å². The first-order chi connectivity index (χ1) is 7.31. The first-order valence-electron chi connectivity index (χ1n) is 5.77. The van der Waals surface area contributed by atoms with Crippen LogP contribution >= 0.6 is 0 Å². The second kappa shape index (κ2) is 4.77. The summed E-state index contributed by atoms with van der Waals surface area (Å²) < 4.78 is 0. The first kappa shape index (κ1) is 10.7.